The number of benzene rings is 1. The highest BCUT2D eigenvalue weighted by molar-refractivity contribution is 7.99. The minimum Gasteiger partial charge on any atom is -0.330 e. The normalized spacial score (nSPS) is 11.8. The highest BCUT2D eigenvalue weighted by atomic mass is 35.5. The van der Waals surface area contributed by atoms with Crippen molar-refractivity contribution in [3.63, 3.8) is 0 Å². The van der Waals surface area contributed by atoms with Gasteiger partial charge in [0, 0.05) is 18.4 Å². The maximum Gasteiger partial charge on any atom is 0.284 e. The molecule has 0 aliphatic carbocycles. The van der Waals surface area contributed by atoms with E-state index < -0.39 is 18.9 Å². The molecule has 19 heavy (non-hydrogen) atoms. The minimum absolute atomic E-state index is 0.286. The summed E-state index contributed by atoms with van der Waals surface area (Å²) in [6.07, 6.45) is 0. The smallest absolute Gasteiger partial charge is 0.284 e. The van der Waals surface area contributed by atoms with Gasteiger partial charge in [-0.2, -0.15) is 0 Å². The molecule has 1 aromatic rings. The van der Waals surface area contributed by atoms with Crippen molar-refractivity contribution in [1.29, 1.82) is 0 Å². The first-order chi connectivity index (χ1) is 8.80. The number of hydrogen-bond donors (Lipinski definition) is 1. The van der Waals surface area contributed by atoms with Crippen LogP contribution in [0.1, 0.15) is 0 Å². The van der Waals surface area contributed by atoms with Crippen molar-refractivity contribution >= 4 is 50.5 Å². The van der Waals surface area contributed by atoms with Crippen LogP contribution in [0.15, 0.2) is 28.0 Å². The van der Waals surface area contributed by atoms with Gasteiger partial charge in [-0.15, -0.1) is 11.8 Å². The maximum absolute atomic E-state index is 11.7. The number of thioether (sulfide) groups is 1. The third kappa shape index (κ3) is 3.96. The molecule has 0 saturated heterocycles. The fourth-order valence-electron chi connectivity index (χ4n) is 1.21. The summed E-state index contributed by atoms with van der Waals surface area (Å²) in [6.45, 7) is 0.354. The SMILES string of the molecule is NCCSc1ccc(S(=O)(=O)C(Cl)Cl)cc1[N+](=O)[O-]. The number of nitro groups is 1. The second kappa shape index (κ2) is 6.76. The van der Waals surface area contributed by atoms with E-state index in [2.05, 4.69) is 0 Å². The molecular formula is C9H10Cl2N2O4S2. The number of halogens is 2. The molecule has 0 saturated carbocycles. The van der Waals surface area contributed by atoms with E-state index >= 15 is 0 Å². The molecule has 0 heterocycles. The third-order valence-electron chi connectivity index (χ3n) is 2.07. The Bertz CT molecular complexity index is 578. The van der Waals surface area contributed by atoms with Gasteiger partial charge in [0.2, 0.25) is 14.0 Å². The van der Waals surface area contributed by atoms with E-state index in [0.717, 1.165) is 6.07 Å². The Morgan fingerprint density at radius 2 is 2.05 bits per heavy atom. The molecule has 0 bridgehead atoms. The number of alkyl halides is 2. The van der Waals surface area contributed by atoms with Crippen LogP contribution in [0.4, 0.5) is 5.69 Å². The van der Waals surface area contributed by atoms with E-state index in [9.17, 15) is 18.5 Å². The molecule has 0 atom stereocenters. The van der Waals surface area contributed by atoms with Crippen molar-refractivity contribution < 1.29 is 13.3 Å². The molecule has 0 aromatic heterocycles. The van der Waals surface area contributed by atoms with Gasteiger partial charge in [-0.1, -0.05) is 23.2 Å². The van der Waals surface area contributed by atoms with E-state index in [1.165, 1.54) is 23.9 Å². The summed E-state index contributed by atoms with van der Waals surface area (Å²) >= 11 is 11.9. The quantitative estimate of drug-likeness (QED) is 0.367. The van der Waals surface area contributed by atoms with Gasteiger partial charge in [-0.25, -0.2) is 8.42 Å². The lowest BCUT2D eigenvalue weighted by molar-refractivity contribution is -0.388. The molecule has 0 unspecified atom stereocenters. The first-order valence-corrected chi connectivity index (χ1v) is 8.34. The molecule has 2 N–H and O–H groups in total. The Morgan fingerprint density at radius 1 is 1.42 bits per heavy atom. The van der Waals surface area contributed by atoms with Crippen molar-refractivity contribution in [1.82, 2.24) is 0 Å². The van der Waals surface area contributed by atoms with Gasteiger partial charge in [0.15, 0.2) is 0 Å². The van der Waals surface area contributed by atoms with Crippen LogP contribution in [0.2, 0.25) is 0 Å². The topological polar surface area (TPSA) is 103 Å². The van der Waals surface area contributed by atoms with E-state index in [0.29, 0.717) is 17.2 Å². The summed E-state index contributed by atoms with van der Waals surface area (Å²) in [5.74, 6) is 0.487. The van der Waals surface area contributed by atoms with Crippen molar-refractivity contribution in [2.45, 2.75) is 14.0 Å². The molecule has 0 spiro atoms. The summed E-state index contributed by atoms with van der Waals surface area (Å²) in [6, 6.07) is 3.53. The molecule has 0 fully saturated rings. The summed E-state index contributed by atoms with van der Waals surface area (Å²) in [5.41, 5.74) is 5.01. The molecule has 1 rings (SSSR count). The third-order valence-corrected chi connectivity index (χ3v) is 5.95. The average molecular weight is 345 g/mol. The zero-order valence-electron chi connectivity index (χ0n) is 9.45. The van der Waals surface area contributed by atoms with E-state index in [1.54, 1.807) is 0 Å². The standard InChI is InChI=1S/C9H10Cl2N2O4S2/c10-9(11)19(16,17)6-1-2-8(18-4-3-12)7(5-6)13(14)15/h1-2,5,9H,3-4,12H2. The summed E-state index contributed by atoms with van der Waals surface area (Å²) in [5, 5.41) is 10.9. The molecule has 0 aliphatic heterocycles. The Balaban J connectivity index is 3.28. The van der Waals surface area contributed by atoms with Gasteiger partial charge in [-0.3, -0.25) is 10.1 Å². The van der Waals surface area contributed by atoms with Crippen molar-refractivity contribution in [3.8, 4) is 0 Å². The van der Waals surface area contributed by atoms with Crippen LogP contribution >= 0.6 is 35.0 Å². The molecule has 1 aromatic carbocycles. The Hall–Kier alpha value is -0.540. The van der Waals surface area contributed by atoms with Crippen LogP contribution in [0.25, 0.3) is 0 Å². The lowest BCUT2D eigenvalue weighted by Crippen LogP contribution is -2.10. The van der Waals surface area contributed by atoms with Crippen molar-refractivity contribution in [2.24, 2.45) is 5.73 Å². The fourth-order valence-corrected chi connectivity index (χ4v) is 3.35. The van der Waals surface area contributed by atoms with Crippen molar-refractivity contribution in [2.75, 3.05) is 12.3 Å². The molecule has 0 aliphatic rings. The van der Waals surface area contributed by atoms with Crippen LogP contribution in [-0.4, -0.2) is 29.8 Å². The zero-order chi connectivity index (χ0) is 14.6. The van der Waals surface area contributed by atoms with Gasteiger partial charge >= 0.3 is 0 Å². The Kier molecular flexibility index (Phi) is 5.87. The number of hydrogen-bond acceptors (Lipinski definition) is 6. The largest absolute Gasteiger partial charge is 0.330 e. The number of nitro benzene ring substituents is 1. The summed E-state index contributed by atoms with van der Waals surface area (Å²) in [4.78, 5) is 10.3. The van der Waals surface area contributed by atoms with Crippen LogP contribution in [0.5, 0.6) is 0 Å². The number of sulfone groups is 1. The van der Waals surface area contributed by atoms with Gasteiger partial charge in [0.05, 0.1) is 14.7 Å². The fraction of sp³-hybridized carbons (Fsp3) is 0.333. The van der Waals surface area contributed by atoms with E-state index in [-0.39, 0.29) is 10.6 Å². The van der Waals surface area contributed by atoms with Gasteiger partial charge in [-0.05, 0) is 12.1 Å². The second-order valence-corrected chi connectivity index (χ2v) is 8.11. The van der Waals surface area contributed by atoms with Gasteiger partial charge in [0.25, 0.3) is 5.69 Å². The van der Waals surface area contributed by atoms with Gasteiger partial charge < -0.3 is 5.73 Å². The first-order valence-electron chi connectivity index (χ1n) is 4.94. The summed E-state index contributed by atoms with van der Waals surface area (Å²) < 4.78 is 21.8. The van der Waals surface area contributed by atoms with Crippen LogP contribution in [-0.2, 0) is 9.84 Å². The van der Waals surface area contributed by atoms with Crippen LogP contribution < -0.4 is 5.73 Å². The monoisotopic (exact) mass is 344 g/mol. The number of nitrogens with zero attached hydrogens (tertiary/aromatic N) is 1. The molecule has 6 nitrogen and oxygen atoms in total. The number of rotatable bonds is 6. The van der Waals surface area contributed by atoms with Crippen LogP contribution in [0.3, 0.4) is 0 Å². The van der Waals surface area contributed by atoms with Crippen LogP contribution in [0, 0.1) is 10.1 Å². The Labute approximate surface area is 124 Å². The molecule has 0 amide bonds. The van der Waals surface area contributed by atoms with E-state index in [4.69, 9.17) is 28.9 Å². The second-order valence-electron chi connectivity index (χ2n) is 3.33. The molecule has 106 valence electrons. The Morgan fingerprint density at radius 3 is 2.53 bits per heavy atom. The maximum atomic E-state index is 11.7. The van der Waals surface area contributed by atoms with Gasteiger partial charge in [0.1, 0.15) is 0 Å². The predicted octanol–water partition coefficient (Wildman–Crippen LogP) is 2.18. The first kappa shape index (κ1) is 16.5. The number of nitrogens with two attached hydrogens (primary N) is 1. The predicted molar refractivity (Wildman–Crippen MR) is 75.6 cm³/mol. The highest BCUT2D eigenvalue weighted by Gasteiger charge is 2.26. The minimum atomic E-state index is -3.98. The lowest BCUT2D eigenvalue weighted by atomic mass is 10.3. The highest BCUT2D eigenvalue weighted by Crippen LogP contribution is 2.33. The van der Waals surface area contributed by atoms with E-state index in [1.807, 2.05) is 0 Å². The molecule has 10 heteroatoms. The summed E-state index contributed by atoms with van der Waals surface area (Å²) in [7, 11) is -3.98. The molecule has 0 radical (unpaired) electrons. The average Bonchev–Trinajstić information content (AvgIpc) is 2.35. The zero-order valence-corrected chi connectivity index (χ0v) is 12.6. The molecular weight excluding hydrogens is 335 g/mol. The lowest BCUT2D eigenvalue weighted by Gasteiger charge is -2.07. The van der Waals surface area contributed by atoms with Crippen molar-refractivity contribution in [3.05, 3.63) is 28.3 Å².